The number of carbonyl (C=O) groups is 1. The predicted octanol–water partition coefficient (Wildman–Crippen LogP) is 3.69. The van der Waals surface area contributed by atoms with Crippen LogP contribution in [-0.4, -0.2) is 15.7 Å². The van der Waals surface area contributed by atoms with Gasteiger partial charge in [0.25, 0.3) is 9.70 Å². The zero-order valence-electron chi connectivity index (χ0n) is 9.32. The van der Waals surface area contributed by atoms with Gasteiger partial charge in [0.1, 0.15) is 0 Å². The number of hydrogen-bond donors (Lipinski definition) is 1. The summed E-state index contributed by atoms with van der Waals surface area (Å²) in [5.41, 5.74) is 0. The van der Waals surface area contributed by atoms with Crippen molar-refractivity contribution < 1.29 is 4.79 Å². The van der Waals surface area contributed by atoms with E-state index >= 15 is 0 Å². The predicted molar refractivity (Wildman–Crippen MR) is 66.6 cm³/mol. The molecule has 0 saturated carbocycles. The van der Waals surface area contributed by atoms with Gasteiger partial charge in [-0.05, 0) is 19.3 Å². The van der Waals surface area contributed by atoms with E-state index in [1.807, 2.05) is 6.92 Å². The van der Waals surface area contributed by atoms with Crippen LogP contribution in [0.4, 0.5) is 0 Å². The second-order valence-electron chi connectivity index (χ2n) is 4.20. The minimum absolute atomic E-state index is 0.0480. The summed E-state index contributed by atoms with van der Waals surface area (Å²) in [5, 5.41) is 2.66. The average molecular weight is 275 g/mol. The number of rotatable bonds is 5. The Morgan fingerprint density at radius 2 is 1.73 bits per heavy atom. The molecule has 0 fully saturated rings. The maximum atomic E-state index is 11.3. The van der Waals surface area contributed by atoms with Crippen molar-refractivity contribution in [2.75, 3.05) is 0 Å². The van der Waals surface area contributed by atoms with Crippen molar-refractivity contribution in [3.05, 3.63) is 0 Å². The molecule has 0 aromatic rings. The van der Waals surface area contributed by atoms with Crippen LogP contribution in [0.2, 0.25) is 0 Å². The Morgan fingerprint density at radius 3 is 2.13 bits per heavy atom. The Bertz CT molecular complexity index is 201. The lowest BCUT2D eigenvalue weighted by Gasteiger charge is -2.17. The third-order valence-electron chi connectivity index (χ3n) is 2.05. The standard InChI is InChI=1S/C10H18Cl3NO/c1-7(2)5-4-6-8(3)14-9(15)10(11,12)13/h7-8H,4-6H2,1-3H3,(H,14,15)/t8-/m1/s1. The van der Waals surface area contributed by atoms with E-state index in [1.165, 1.54) is 0 Å². The third-order valence-corrected chi connectivity index (χ3v) is 2.57. The van der Waals surface area contributed by atoms with Gasteiger partial charge in [0, 0.05) is 6.04 Å². The SMILES string of the molecule is CC(C)CCC[C@@H](C)NC(=O)C(Cl)(Cl)Cl. The number of alkyl halides is 3. The maximum absolute atomic E-state index is 11.3. The Labute approximate surface area is 107 Å². The van der Waals surface area contributed by atoms with E-state index in [9.17, 15) is 4.79 Å². The summed E-state index contributed by atoms with van der Waals surface area (Å²) in [7, 11) is 0. The first kappa shape index (κ1) is 15.3. The van der Waals surface area contributed by atoms with Crippen LogP contribution in [0.25, 0.3) is 0 Å². The summed E-state index contributed by atoms with van der Waals surface area (Å²) < 4.78 is -1.85. The fourth-order valence-electron chi connectivity index (χ4n) is 1.21. The molecule has 0 aliphatic carbocycles. The van der Waals surface area contributed by atoms with Crippen LogP contribution in [0.5, 0.6) is 0 Å². The van der Waals surface area contributed by atoms with Crippen LogP contribution in [-0.2, 0) is 4.79 Å². The lowest BCUT2D eigenvalue weighted by Crippen LogP contribution is -2.40. The molecular formula is C10H18Cl3NO. The molecule has 2 nitrogen and oxygen atoms in total. The molecule has 0 aromatic carbocycles. The van der Waals surface area contributed by atoms with Gasteiger partial charge in [-0.3, -0.25) is 4.79 Å². The van der Waals surface area contributed by atoms with E-state index in [2.05, 4.69) is 19.2 Å². The summed E-state index contributed by atoms with van der Waals surface area (Å²) in [6.07, 6.45) is 3.12. The van der Waals surface area contributed by atoms with Crippen molar-refractivity contribution >= 4 is 40.7 Å². The topological polar surface area (TPSA) is 29.1 Å². The van der Waals surface area contributed by atoms with Crippen molar-refractivity contribution in [3.63, 3.8) is 0 Å². The highest BCUT2D eigenvalue weighted by Gasteiger charge is 2.31. The Balaban J connectivity index is 3.75. The second-order valence-corrected chi connectivity index (χ2v) is 6.48. The first-order chi connectivity index (χ1) is 6.73. The largest absolute Gasteiger partial charge is 0.350 e. The van der Waals surface area contributed by atoms with Gasteiger partial charge in [0.15, 0.2) is 0 Å². The number of halogens is 3. The van der Waals surface area contributed by atoms with Gasteiger partial charge in [0.05, 0.1) is 0 Å². The number of amides is 1. The molecule has 0 bridgehead atoms. The number of nitrogens with one attached hydrogen (secondary N) is 1. The van der Waals surface area contributed by atoms with E-state index in [4.69, 9.17) is 34.8 Å². The first-order valence-corrected chi connectivity index (χ1v) is 6.24. The van der Waals surface area contributed by atoms with Crippen LogP contribution in [0, 0.1) is 5.92 Å². The van der Waals surface area contributed by atoms with Gasteiger partial charge in [-0.1, -0.05) is 61.5 Å². The molecule has 0 aliphatic rings. The van der Waals surface area contributed by atoms with Crippen molar-refractivity contribution in [2.24, 2.45) is 5.92 Å². The van der Waals surface area contributed by atoms with Crippen LogP contribution in [0.1, 0.15) is 40.0 Å². The van der Waals surface area contributed by atoms with E-state index in [0.29, 0.717) is 5.92 Å². The molecule has 0 unspecified atom stereocenters. The van der Waals surface area contributed by atoms with Gasteiger partial charge >= 0.3 is 0 Å². The summed E-state index contributed by atoms with van der Waals surface area (Å²) in [6, 6.07) is 0.0480. The second kappa shape index (κ2) is 6.82. The average Bonchev–Trinajstić information content (AvgIpc) is 2.01. The molecule has 0 aliphatic heterocycles. The normalized spacial score (nSPS) is 14.1. The highest BCUT2D eigenvalue weighted by atomic mass is 35.6. The van der Waals surface area contributed by atoms with Crippen LogP contribution < -0.4 is 5.32 Å². The molecular weight excluding hydrogens is 256 g/mol. The summed E-state index contributed by atoms with van der Waals surface area (Å²) in [5.74, 6) is 0.130. The van der Waals surface area contributed by atoms with Crippen molar-refractivity contribution in [1.82, 2.24) is 5.32 Å². The van der Waals surface area contributed by atoms with Gasteiger partial charge < -0.3 is 5.32 Å². The summed E-state index contributed by atoms with van der Waals surface area (Å²) in [4.78, 5) is 11.3. The van der Waals surface area contributed by atoms with Crippen LogP contribution in [0.15, 0.2) is 0 Å². The highest BCUT2D eigenvalue weighted by Crippen LogP contribution is 2.26. The highest BCUT2D eigenvalue weighted by molar-refractivity contribution is 6.76. The van der Waals surface area contributed by atoms with Gasteiger partial charge in [-0.15, -0.1) is 0 Å². The number of carbonyl (C=O) groups excluding carboxylic acids is 1. The lowest BCUT2D eigenvalue weighted by molar-refractivity contribution is -0.120. The van der Waals surface area contributed by atoms with E-state index < -0.39 is 9.70 Å². The Morgan fingerprint density at radius 1 is 1.20 bits per heavy atom. The summed E-state index contributed by atoms with van der Waals surface area (Å²) >= 11 is 16.3. The van der Waals surface area contributed by atoms with E-state index in [0.717, 1.165) is 19.3 Å². The molecule has 5 heteroatoms. The minimum Gasteiger partial charge on any atom is -0.350 e. The lowest BCUT2D eigenvalue weighted by atomic mass is 10.0. The first-order valence-electron chi connectivity index (χ1n) is 5.11. The smallest absolute Gasteiger partial charge is 0.272 e. The minimum atomic E-state index is -1.85. The van der Waals surface area contributed by atoms with Gasteiger partial charge in [-0.2, -0.15) is 0 Å². The summed E-state index contributed by atoms with van der Waals surface area (Å²) in [6.45, 7) is 6.25. The van der Waals surface area contributed by atoms with E-state index in [-0.39, 0.29) is 6.04 Å². The zero-order valence-corrected chi connectivity index (χ0v) is 11.6. The van der Waals surface area contributed by atoms with Crippen molar-refractivity contribution in [1.29, 1.82) is 0 Å². The van der Waals surface area contributed by atoms with Crippen LogP contribution >= 0.6 is 34.8 Å². The van der Waals surface area contributed by atoms with Gasteiger partial charge in [0.2, 0.25) is 0 Å². The molecule has 15 heavy (non-hydrogen) atoms. The molecule has 0 aromatic heterocycles. The molecule has 0 heterocycles. The van der Waals surface area contributed by atoms with Gasteiger partial charge in [-0.25, -0.2) is 0 Å². The monoisotopic (exact) mass is 273 g/mol. The zero-order chi connectivity index (χ0) is 12.1. The quantitative estimate of drug-likeness (QED) is 0.761. The molecule has 0 spiro atoms. The molecule has 90 valence electrons. The molecule has 1 amide bonds. The fraction of sp³-hybridized carbons (Fsp3) is 0.900. The molecule has 1 atom stereocenters. The molecule has 0 saturated heterocycles. The molecule has 1 N–H and O–H groups in total. The molecule has 0 radical (unpaired) electrons. The third kappa shape index (κ3) is 8.18. The maximum Gasteiger partial charge on any atom is 0.272 e. The Hall–Kier alpha value is 0.340. The Kier molecular flexibility index (Phi) is 6.98. The molecule has 0 rings (SSSR count). The number of hydrogen-bond acceptors (Lipinski definition) is 1. The van der Waals surface area contributed by atoms with E-state index in [1.54, 1.807) is 0 Å². The van der Waals surface area contributed by atoms with Crippen LogP contribution in [0.3, 0.4) is 0 Å². The van der Waals surface area contributed by atoms with Crippen molar-refractivity contribution in [3.8, 4) is 0 Å². The van der Waals surface area contributed by atoms with Crippen molar-refractivity contribution in [2.45, 2.75) is 49.9 Å². The fourth-order valence-corrected chi connectivity index (χ4v) is 1.37.